The molecule has 0 atom stereocenters. The van der Waals surface area contributed by atoms with Crippen molar-refractivity contribution < 1.29 is 4.42 Å². The Morgan fingerprint density at radius 1 is 0.592 bits per heavy atom. The zero-order valence-electron chi connectivity index (χ0n) is 27.1. The van der Waals surface area contributed by atoms with E-state index in [4.69, 9.17) is 19.4 Å². The molecule has 4 aliphatic rings. The standard InChI is InChI=1S/C44H34N4O/c45-26-34-15-18-36(40-39(34)37-11-4-5-12-38(37)49-40)32-9-6-10-33(22-32)43-47-41(30-7-2-1-3-8-30)46-42(48-43)31-13-16-35(17-14-31)44-23-27-19-28(24-44)21-29(20-27)25-44/h1-18,22,27-29H,19-21,23-25H2/t27-,28-,29-,44?. The van der Waals surface area contributed by atoms with E-state index in [1.54, 1.807) is 0 Å². The maximum absolute atomic E-state index is 9.93. The molecule has 49 heavy (non-hydrogen) atoms. The van der Waals surface area contributed by atoms with Crippen LogP contribution in [0.2, 0.25) is 0 Å². The first kappa shape index (κ1) is 28.4. The van der Waals surface area contributed by atoms with E-state index in [9.17, 15) is 5.26 Å². The Balaban J connectivity index is 1.07. The van der Waals surface area contributed by atoms with Crippen LogP contribution in [0.3, 0.4) is 0 Å². The van der Waals surface area contributed by atoms with E-state index in [2.05, 4.69) is 42.5 Å². The van der Waals surface area contributed by atoms with Crippen molar-refractivity contribution in [3.8, 4) is 51.4 Å². The Bertz CT molecular complexity index is 2400. The van der Waals surface area contributed by atoms with Gasteiger partial charge < -0.3 is 4.42 Å². The zero-order valence-corrected chi connectivity index (χ0v) is 27.1. The smallest absolute Gasteiger partial charge is 0.164 e. The van der Waals surface area contributed by atoms with E-state index in [0.717, 1.165) is 61.9 Å². The highest BCUT2D eigenvalue weighted by atomic mass is 16.3. The molecule has 7 aromatic rings. The van der Waals surface area contributed by atoms with Crippen molar-refractivity contribution in [2.75, 3.05) is 0 Å². The summed E-state index contributed by atoms with van der Waals surface area (Å²) in [6.07, 6.45) is 8.39. The van der Waals surface area contributed by atoms with Crippen molar-refractivity contribution in [2.24, 2.45) is 17.8 Å². The molecule has 4 bridgehead atoms. The molecule has 11 rings (SSSR count). The third-order valence-corrected chi connectivity index (χ3v) is 11.5. The minimum atomic E-state index is 0.351. The van der Waals surface area contributed by atoms with Crippen molar-refractivity contribution in [1.29, 1.82) is 5.26 Å². The molecular formula is C44H34N4O. The molecule has 5 nitrogen and oxygen atoms in total. The second kappa shape index (κ2) is 11.0. The van der Waals surface area contributed by atoms with Crippen LogP contribution in [0.1, 0.15) is 49.7 Å². The maximum Gasteiger partial charge on any atom is 0.164 e. The van der Waals surface area contributed by atoms with E-state index in [-0.39, 0.29) is 0 Å². The number of rotatable bonds is 5. The van der Waals surface area contributed by atoms with Crippen LogP contribution >= 0.6 is 0 Å². The number of benzene rings is 5. The first-order valence-corrected chi connectivity index (χ1v) is 17.5. The first-order valence-electron chi connectivity index (χ1n) is 17.5. The van der Waals surface area contributed by atoms with Gasteiger partial charge in [0.15, 0.2) is 17.5 Å². The second-order valence-corrected chi connectivity index (χ2v) is 14.6. The highest BCUT2D eigenvalue weighted by Gasteiger charge is 2.51. The van der Waals surface area contributed by atoms with Crippen LogP contribution in [0.5, 0.6) is 0 Å². The predicted octanol–water partition coefficient (Wildman–Crippen LogP) is 10.8. The lowest BCUT2D eigenvalue weighted by atomic mass is 9.48. The van der Waals surface area contributed by atoms with Gasteiger partial charge in [-0.1, -0.05) is 91.0 Å². The molecular weight excluding hydrogens is 601 g/mol. The molecule has 0 radical (unpaired) electrons. The van der Waals surface area contributed by atoms with Gasteiger partial charge in [-0.3, -0.25) is 0 Å². The minimum absolute atomic E-state index is 0.351. The summed E-state index contributed by atoms with van der Waals surface area (Å²) in [6.45, 7) is 0. The van der Waals surface area contributed by atoms with Crippen LogP contribution in [0, 0.1) is 29.1 Å². The lowest BCUT2D eigenvalue weighted by Gasteiger charge is -2.57. The number of para-hydroxylation sites is 1. The normalized spacial score (nSPS) is 22.5. The molecule has 4 aliphatic carbocycles. The highest BCUT2D eigenvalue weighted by molar-refractivity contribution is 6.12. The molecule has 0 spiro atoms. The average Bonchev–Trinajstić information content (AvgIpc) is 3.54. The largest absolute Gasteiger partial charge is 0.455 e. The molecule has 0 amide bonds. The Morgan fingerprint density at radius 2 is 1.18 bits per heavy atom. The summed E-state index contributed by atoms with van der Waals surface area (Å²) >= 11 is 0. The van der Waals surface area contributed by atoms with Crippen molar-refractivity contribution >= 4 is 21.9 Å². The average molecular weight is 635 g/mol. The quantitative estimate of drug-likeness (QED) is 0.188. The number of hydrogen-bond donors (Lipinski definition) is 0. The van der Waals surface area contributed by atoms with E-state index in [0.29, 0.717) is 34.0 Å². The molecule has 236 valence electrons. The summed E-state index contributed by atoms with van der Waals surface area (Å²) < 4.78 is 6.37. The molecule has 0 N–H and O–H groups in total. The van der Waals surface area contributed by atoms with Gasteiger partial charge in [0.05, 0.1) is 11.6 Å². The first-order chi connectivity index (χ1) is 24.1. The number of nitriles is 1. The summed E-state index contributed by atoms with van der Waals surface area (Å²) in [4.78, 5) is 15.1. The highest BCUT2D eigenvalue weighted by Crippen LogP contribution is 2.60. The molecule has 0 saturated heterocycles. The lowest BCUT2D eigenvalue weighted by Crippen LogP contribution is -2.48. The van der Waals surface area contributed by atoms with Crippen molar-refractivity contribution in [3.05, 3.63) is 126 Å². The van der Waals surface area contributed by atoms with E-state index < -0.39 is 0 Å². The fourth-order valence-electron chi connectivity index (χ4n) is 9.76. The molecule has 5 heteroatoms. The van der Waals surface area contributed by atoms with Crippen molar-refractivity contribution in [2.45, 2.75) is 43.9 Å². The van der Waals surface area contributed by atoms with Gasteiger partial charge in [-0.2, -0.15) is 5.26 Å². The van der Waals surface area contributed by atoms with Crippen LogP contribution < -0.4 is 0 Å². The third kappa shape index (κ3) is 4.70. The van der Waals surface area contributed by atoms with Crippen LogP contribution in [0.25, 0.3) is 67.2 Å². The summed E-state index contributed by atoms with van der Waals surface area (Å²) in [5, 5.41) is 11.7. The third-order valence-electron chi connectivity index (χ3n) is 11.5. The minimum Gasteiger partial charge on any atom is -0.455 e. The predicted molar refractivity (Wildman–Crippen MR) is 193 cm³/mol. The van der Waals surface area contributed by atoms with Gasteiger partial charge >= 0.3 is 0 Å². The summed E-state index contributed by atoms with van der Waals surface area (Å²) in [5.41, 5.74) is 8.65. The Morgan fingerprint density at radius 3 is 1.88 bits per heavy atom. The van der Waals surface area contributed by atoms with Crippen molar-refractivity contribution in [1.82, 2.24) is 15.0 Å². The summed E-state index contributed by atoms with van der Waals surface area (Å²) in [5.74, 6) is 4.67. The van der Waals surface area contributed by atoms with Crippen molar-refractivity contribution in [3.63, 3.8) is 0 Å². The molecule has 5 aromatic carbocycles. The Kier molecular flexibility index (Phi) is 6.36. The van der Waals surface area contributed by atoms with Gasteiger partial charge in [-0.15, -0.1) is 0 Å². The lowest BCUT2D eigenvalue weighted by molar-refractivity contribution is -0.00518. The fraction of sp³-hybridized carbons (Fsp3) is 0.227. The number of nitrogens with zero attached hydrogens (tertiary/aromatic N) is 4. The number of aromatic nitrogens is 3. The summed E-state index contributed by atoms with van der Waals surface area (Å²) in [7, 11) is 0. The van der Waals surface area contributed by atoms with Gasteiger partial charge in [0.1, 0.15) is 11.2 Å². The van der Waals surface area contributed by atoms with Gasteiger partial charge in [0.25, 0.3) is 0 Å². The molecule has 4 fully saturated rings. The van der Waals surface area contributed by atoms with Crippen LogP contribution in [0.15, 0.2) is 120 Å². The van der Waals surface area contributed by atoms with E-state index in [1.165, 1.54) is 44.1 Å². The van der Waals surface area contributed by atoms with Crippen LogP contribution in [0.4, 0.5) is 0 Å². The van der Waals surface area contributed by atoms with Crippen LogP contribution in [-0.4, -0.2) is 15.0 Å². The van der Waals surface area contributed by atoms with Gasteiger partial charge in [-0.05, 0) is 97.1 Å². The van der Waals surface area contributed by atoms with Gasteiger partial charge in [0.2, 0.25) is 0 Å². The Hall–Kier alpha value is -5.60. The van der Waals surface area contributed by atoms with E-state index in [1.807, 2.05) is 78.9 Å². The number of fused-ring (bicyclic) bond motifs is 3. The number of hydrogen-bond acceptors (Lipinski definition) is 5. The topological polar surface area (TPSA) is 75.6 Å². The Labute approximate surface area is 285 Å². The van der Waals surface area contributed by atoms with Gasteiger partial charge in [0, 0.05) is 33.0 Å². The molecule has 2 aromatic heterocycles. The molecule has 2 heterocycles. The zero-order chi connectivity index (χ0) is 32.5. The van der Waals surface area contributed by atoms with Gasteiger partial charge in [-0.25, -0.2) is 15.0 Å². The van der Waals surface area contributed by atoms with E-state index >= 15 is 0 Å². The number of furan rings is 1. The second-order valence-electron chi connectivity index (χ2n) is 14.6. The molecule has 0 unspecified atom stereocenters. The monoisotopic (exact) mass is 634 g/mol. The fourth-order valence-corrected chi connectivity index (χ4v) is 9.76. The molecule has 4 saturated carbocycles. The van der Waals surface area contributed by atoms with Crippen LogP contribution in [-0.2, 0) is 5.41 Å². The maximum atomic E-state index is 9.93. The molecule has 0 aliphatic heterocycles. The summed E-state index contributed by atoms with van der Waals surface area (Å²) in [6, 6.07) is 41.7. The SMILES string of the molecule is N#Cc1ccc(-c2cccc(-c3nc(-c4ccccc4)nc(-c4ccc(C56C[C@H]7C[C@H](C5)C[C@@H](C6)C7)cc4)n3)c2)c2oc3ccccc3c12.